The average Bonchev–Trinajstić information content (AvgIpc) is 2.55. The molecule has 0 unspecified atom stereocenters. The minimum absolute atomic E-state index is 0.105. The van der Waals surface area contributed by atoms with Gasteiger partial charge in [-0.25, -0.2) is 4.39 Å². The number of hydrogen-bond donors (Lipinski definition) is 2. The monoisotopic (exact) mass is 330 g/mol. The number of benzene rings is 2. The van der Waals surface area contributed by atoms with Crippen molar-refractivity contribution < 1.29 is 13.9 Å². The molecule has 0 bridgehead atoms. The highest BCUT2D eigenvalue weighted by molar-refractivity contribution is 5.82. The van der Waals surface area contributed by atoms with Crippen LogP contribution in [0.3, 0.4) is 0 Å². The van der Waals surface area contributed by atoms with Crippen molar-refractivity contribution in [3.05, 3.63) is 59.4 Å². The average molecular weight is 330 g/mol. The number of hydrogen-bond acceptors (Lipinski definition) is 4. The molecule has 0 spiro atoms. The van der Waals surface area contributed by atoms with Gasteiger partial charge < -0.3 is 20.9 Å². The summed E-state index contributed by atoms with van der Waals surface area (Å²) in [5.74, 6) is 0.610. The first kappa shape index (κ1) is 17.3. The van der Waals surface area contributed by atoms with Crippen LogP contribution in [-0.4, -0.2) is 18.8 Å². The predicted octanol–water partition coefficient (Wildman–Crippen LogP) is 2.41. The maximum Gasteiger partial charge on any atom is 0.211 e. The summed E-state index contributed by atoms with van der Waals surface area (Å²) in [6.45, 7) is 2.43. The normalized spacial score (nSPS) is 10.6. The molecule has 6 nitrogen and oxygen atoms in total. The van der Waals surface area contributed by atoms with Crippen LogP contribution >= 0.6 is 0 Å². The third-order valence-corrected chi connectivity index (χ3v) is 2.99. The smallest absolute Gasteiger partial charge is 0.211 e. The highest BCUT2D eigenvalue weighted by Crippen LogP contribution is 2.29. The molecule has 0 heterocycles. The van der Waals surface area contributed by atoms with E-state index in [9.17, 15) is 4.39 Å². The van der Waals surface area contributed by atoms with Crippen LogP contribution < -0.4 is 20.9 Å². The maximum atomic E-state index is 13.6. The summed E-state index contributed by atoms with van der Waals surface area (Å²) in [5.41, 5.74) is 11.6. The molecule has 0 aromatic heterocycles. The molecular weight excluding hydrogens is 311 g/mol. The van der Waals surface area contributed by atoms with Crippen molar-refractivity contribution in [2.45, 2.75) is 13.5 Å². The molecule has 0 aliphatic rings. The molecule has 0 fully saturated rings. The molecule has 0 aliphatic heterocycles. The predicted molar refractivity (Wildman–Crippen MR) is 91.7 cm³/mol. The summed E-state index contributed by atoms with van der Waals surface area (Å²) in [5, 5.41) is 7.28. The van der Waals surface area contributed by atoms with E-state index in [-0.39, 0.29) is 18.4 Å². The third-order valence-electron chi connectivity index (χ3n) is 2.99. The molecule has 2 rings (SSSR count). The van der Waals surface area contributed by atoms with Gasteiger partial charge in [0.2, 0.25) is 5.96 Å². The molecule has 0 saturated carbocycles. The van der Waals surface area contributed by atoms with Gasteiger partial charge in [0.15, 0.2) is 11.5 Å². The van der Waals surface area contributed by atoms with Crippen LogP contribution in [-0.2, 0) is 6.61 Å². The van der Waals surface area contributed by atoms with Crippen molar-refractivity contribution in [3.63, 3.8) is 0 Å². The van der Waals surface area contributed by atoms with Crippen molar-refractivity contribution in [1.29, 1.82) is 0 Å². The fourth-order valence-electron chi connectivity index (χ4n) is 1.93. The van der Waals surface area contributed by atoms with Gasteiger partial charge in [0.05, 0.1) is 12.8 Å². The fourth-order valence-corrected chi connectivity index (χ4v) is 1.93. The highest BCUT2D eigenvalue weighted by Gasteiger charge is 2.08. The molecule has 4 N–H and O–H groups in total. The van der Waals surface area contributed by atoms with Crippen molar-refractivity contribution in [2.24, 2.45) is 21.7 Å². The van der Waals surface area contributed by atoms with Gasteiger partial charge in [-0.15, -0.1) is 5.10 Å². The van der Waals surface area contributed by atoms with Gasteiger partial charge in [0.1, 0.15) is 12.4 Å². The second-order valence-corrected chi connectivity index (χ2v) is 4.79. The molecule has 2 aromatic carbocycles. The van der Waals surface area contributed by atoms with E-state index in [1.54, 1.807) is 36.4 Å². The van der Waals surface area contributed by atoms with E-state index in [0.29, 0.717) is 23.7 Å². The van der Waals surface area contributed by atoms with Gasteiger partial charge >= 0.3 is 0 Å². The molecule has 0 saturated heterocycles. The molecule has 0 atom stereocenters. The summed E-state index contributed by atoms with van der Waals surface area (Å²) in [6, 6.07) is 11.7. The van der Waals surface area contributed by atoms with E-state index in [1.807, 2.05) is 6.92 Å². The first-order valence-electron chi connectivity index (χ1n) is 7.35. The number of nitrogens with two attached hydrogens (primary N) is 2. The number of ether oxygens (including phenoxy) is 2. The standard InChI is InChI=1S/C17H19FN4O2/c1-2-23-16-9-12(10-21-22-17(19)20)7-8-15(16)24-11-13-5-3-4-6-14(13)18/h3-10H,2,11H2,1H3,(H4,19,20,22). The van der Waals surface area contributed by atoms with E-state index in [1.165, 1.54) is 12.3 Å². The van der Waals surface area contributed by atoms with Crippen LogP contribution in [0, 0.1) is 5.82 Å². The van der Waals surface area contributed by atoms with Crippen LogP contribution in [0.15, 0.2) is 52.7 Å². The van der Waals surface area contributed by atoms with Crippen LogP contribution in [0.2, 0.25) is 0 Å². The first-order chi connectivity index (χ1) is 11.6. The highest BCUT2D eigenvalue weighted by atomic mass is 19.1. The molecule has 0 aliphatic carbocycles. The van der Waals surface area contributed by atoms with E-state index < -0.39 is 0 Å². The van der Waals surface area contributed by atoms with Gasteiger partial charge in [0.25, 0.3) is 0 Å². The second-order valence-electron chi connectivity index (χ2n) is 4.79. The largest absolute Gasteiger partial charge is 0.490 e. The summed E-state index contributed by atoms with van der Waals surface area (Å²) in [7, 11) is 0. The number of nitrogens with zero attached hydrogens (tertiary/aromatic N) is 2. The lowest BCUT2D eigenvalue weighted by atomic mass is 10.2. The molecule has 7 heteroatoms. The van der Waals surface area contributed by atoms with Gasteiger partial charge in [-0.1, -0.05) is 18.2 Å². The lowest BCUT2D eigenvalue weighted by Gasteiger charge is -2.13. The Morgan fingerprint density at radius 1 is 1.12 bits per heavy atom. The molecular formula is C17H19FN4O2. The maximum absolute atomic E-state index is 13.6. The Morgan fingerprint density at radius 3 is 2.62 bits per heavy atom. The number of guanidine groups is 1. The van der Waals surface area contributed by atoms with E-state index in [4.69, 9.17) is 20.9 Å². The molecule has 0 radical (unpaired) electrons. The van der Waals surface area contributed by atoms with Crippen molar-refractivity contribution >= 4 is 12.2 Å². The Bertz CT molecular complexity index is 743. The summed E-state index contributed by atoms with van der Waals surface area (Å²) in [6.07, 6.45) is 1.49. The van der Waals surface area contributed by atoms with Crippen LogP contribution in [0.5, 0.6) is 11.5 Å². The van der Waals surface area contributed by atoms with Gasteiger partial charge in [-0.3, -0.25) is 0 Å². The minimum Gasteiger partial charge on any atom is -0.490 e. The zero-order valence-corrected chi connectivity index (χ0v) is 13.3. The van der Waals surface area contributed by atoms with Crippen LogP contribution in [0.4, 0.5) is 4.39 Å². The molecule has 24 heavy (non-hydrogen) atoms. The van der Waals surface area contributed by atoms with Crippen LogP contribution in [0.1, 0.15) is 18.1 Å². The second kappa shape index (κ2) is 8.52. The van der Waals surface area contributed by atoms with Crippen molar-refractivity contribution in [1.82, 2.24) is 0 Å². The Morgan fingerprint density at radius 2 is 1.92 bits per heavy atom. The van der Waals surface area contributed by atoms with Gasteiger partial charge in [-0.05, 0) is 36.8 Å². The van der Waals surface area contributed by atoms with Crippen molar-refractivity contribution in [2.75, 3.05) is 6.61 Å². The molecule has 2 aromatic rings. The lowest BCUT2D eigenvalue weighted by Crippen LogP contribution is -2.21. The van der Waals surface area contributed by atoms with Gasteiger partial charge in [0, 0.05) is 5.56 Å². The zero-order chi connectivity index (χ0) is 17.4. The van der Waals surface area contributed by atoms with Crippen molar-refractivity contribution in [3.8, 4) is 11.5 Å². The number of rotatable bonds is 7. The zero-order valence-electron chi connectivity index (χ0n) is 13.3. The van der Waals surface area contributed by atoms with E-state index in [0.717, 1.165) is 5.56 Å². The third kappa shape index (κ3) is 4.98. The summed E-state index contributed by atoms with van der Waals surface area (Å²) < 4.78 is 24.9. The Labute approximate surface area is 139 Å². The Hall–Kier alpha value is -3.09. The van der Waals surface area contributed by atoms with E-state index >= 15 is 0 Å². The minimum atomic E-state index is -0.309. The first-order valence-corrected chi connectivity index (χ1v) is 7.35. The fraction of sp³-hybridized carbons (Fsp3) is 0.176. The lowest BCUT2D eigenvalue weighted by molar-refractivity contribution is 0.266. The summed E-state index contributed by atoms with van der Waals surface area (Å²) >= 11 is 0. The summed E-state index contributed by atoms with van der Waals surface area (Å²) in [4.78, 5) is 0. The quantitative estimate of drug-likeness (QED) is 0.463. The molecule has 126 valence electrons. The molecule has 0 amide bonds. The van der Waals surface area contributed by atoms with E-state index in [2.05, 4.69) is 10.2 Å². The Balaban J connectivity index is 2.15. The number of halogens is 1. The topological polar surface area (TPSA) is 95.2 Å². The van der Waals surface area contributed by atoms with Gasteiger partial charge in [-0.2, -0.15) is 5.10 Å². The Kier molecular flexibility index (Phi) is 6.13. The SMILES string of the molecule is CCOc1cc(C=NN=C(N)N)ccc1OCc1ccccc1F. The van der Waals surface area contributed by atoms with Crippen LogP contribution in [0.25, 0.3) is 0 Å².